The molecular weight excluding hydrogens is 168 g/mol. The van der Waals surface area contributed by atoms with E-state index in [0.29, 0.717) is 0 Å². The average Bonchev–Trinajstić information content (AvgIpc) is 2.17. The number of carbonyl (C=O) groups is 1. The zero-order chi connectivity index (χ0) is 10.3. The Morgan fingerprint density at radius 1 is 1.62 bits per heavy atom. The third kappa shape index (κ3) is 4.85. The van der Waals surface area contributed by atoms with E-state index in [-0.39, 0.29) is 12.0 Å². The van der Waals surface area contributed by atoms with Gasteiger partial charge in [0.25, 0.3) is 0 Å². The second-order valence-electron chi connectivity index (χ2n) is 3.05. The van der Waals surface area contributed by atoms with Crippen LogP contribution in [0.2, 0.25) is 0 Å². The second kappa shape index (κ2) is 6.86. The number of carbonyl (C=O) groups excluding carboxylic acids is 1. The Kier molecular flexibility index (Phi) is 6.54. The summed E-state index contributed by atoms with van der Waals surface area (Å²) in [5.41, 5.74) is 0. The Bertz CT molecular complexity index is 151. The largest absolute Gasteiger partial charge is 0.468 e. The summed E-state index contributed by atoms with van der Waals surface area (Å²) in [7, 11) is 5.22. The Labute approximate surface area is 80.2 Å². The Balaban J connectivity index is 3.78. The van der Waals surface area contributed by atoms with Gasteiger partial charge in [0.05, 0.1) is 7.11 Å². The van der Waals surface area contributed by atoms with Crippen LogP contribution < -0.4 is 5.32 Å². The zero-order valence-electron chi connectivity index (χ0n) is 8.96. The highest BCUT2D eigenvalue weighted by Gasteiger charge is 2.16. The molecule has 0 saturated carbocycles. The minimum Gasteiger partial charge on any atom is -0.468 e. The fourth-order valence-corrected chi connectivity index (χ4v) is 1.03. The molecule has 0 heterocycles. The number of esters is 1. The van der Waals surface area contributed by atoms with Gasteiger partial charge in [-0.1, -0.05) is 6.92 Å². The van der Waals surface area contributed by atoms with Gasteiger partial charge in [0.15, 0.2) is 0 Å². The van der Waals surface area contributed by atoms with Crippen molar-refractivity contribution >= 4 is 5.97 Å². The van der Waals surface area contributed by atoms with Gasteiger partial charge in [-0.05, 0) is 33.6 Å². The first-order chi connectivity index (χ1) is 6.15. The van der Waals surface area contributed by atoms with Crippen LogP contribution in [0.4, 0.5) is 0 Å². The number of rotatable bonds is 6. The molecule has 1 N–H and O–H groups in total. The van der Waals surface area contributed by atoms with Crippen LogP contribution in [0.3, 0.4) is 0 Å². The number of nitrogens with zero attached hydrogens (tertiary/aromatic N) is 1. The van der Waals surface area contributed by atoms with Crippen molar-refractivity contribution in [2.75, 3.05) is 34.3 Å². The molecule has 0 bridgehead atoms. The lowest BCUT2D eigenvalue weighted by Crippen LogP contribution is -2.38. The first-order valence-corrected chi connectivity index (χ1v) is 4.59. The minimum atomic E-state index is -0.188. The number of likely N-dealkylation sites (N-methyl/N-ethyl adjacent to an activating group) is 1. The molecule has 4 nitrogen and oxygen atoms in total. The molecule has 4 heteroatoms. The van der Waals surface area contributed by atoms with E-state index in [1.807, 2.05) is 7.05 Å². The maximum absolute atomic E-state index is 11.1. The van der Waals surface area contributed by atoms with Crippen molar-refractivity contribution in [2.24, 2.45) is 0 Å². The van der Waals surface area contributed by atoms with E-state index < -0.39 is 0 Å². The van der Waals surface area contributed by atoms with Crippen LogP contribution in [-0.4, -0.2) is 51.2 Å². The predicted octanol–water partition coefficient (Wildman–Crippen LogP) is 0.0892. The Morgan fingerprint density at radius 2 is 2.23 bits per heavy atom. The molecule has 0 aliphatic heterocycles. The summed E-state index contributed by atoms with van der Waals surface area (Å²) in [5, 5.41) is 2.93. The van der Waals surface area contributed by atoms with E-state index in [1.165, 1.54) is 7.11 Å². The van der Waals surface area contributed by atoms with E-state index in [2.05, 4.69) is 21.9 Å². The molecule has 0 aliphatic carbocycles. The average molecular weight is 188 g/mol. The summed E-state index contributed by atoms with van der Waals surface area (Å²) in [4.78, 5) is 13.3. The number of methoxy groups -OCH3 is 1. The molecule has 1 unspecified atom stereocenters. The first-order valence-electron chi connectivity index (χ1n) is 4.59. The summed E-state index contributed by atoms with van der Waals surface area (Å²) in [5.74, 6) is -0.188. The highest BCUT2D eigenvalue weighted by atomic mass is 16.5. The molecule has 0 radical (unpaired) electrons. The Morgan fingerprint density at radius 3 is 2.62 bits per heavy atom. The molecule has 0 aromatic carbocycles. The van der Waals surface area contributed by atoms with Crippen molar-refractivity contribution in [3.05, 3.63) is 0 Å². The summed E-state index contributed by atoms with van der Waals surface area (Å²) in [6.07, 6.45) is 0.785. The molecule has 0 rings (SSSR count). The van der Waals surface area contributed by atoms with E-state index in [9.17, 15) is 4.79 Å². The molecule has 13 heavy (non-hydrogen) atoms. The lowest BCUT2D eigenvalue weighted by molar-refractivity contribution is -0.143. The van der Waals surface area contributed by atoms with Crippen LogP contribution in [-0.2, 0) is 9.53 Å². The maximum atomic E-state index is 11.1. The highest BCUT2D eigenvalue weighted by molar-refractivity contribution is 5.75. The van der Waals surface area contributed by atoms with Crippen molar-refractivity contribution in [3.63, 3.8) is 0 Å². The number of nitrogens with one attached hydrogen (secondary N) is 1. The van der Waals surface area contributed by atoms with Crippen molar-refractivity contribution in [3.8, 4) is 0 Å². The Hall–Kier alpha value is -0.610. The van der Waals surface area contributed by atoms with Crippen LogP contribution in [0, 0.1) is 0 Å². The molecule has 0 aliphatic rings. The lowest BCUT2D eigenvalue weighted by atomic mass is 10.2. The molecule has 78 valence electrons. The SMILES string of the molecule is CCN(C)CCC(NC)C(=O)OC. The molecule has 0 fully saturated rings. The summed E-state index contributed by atoms with van der Waals surface area (Å²) in [6, 6.07) is -0.181. The van der Waals surface area contributed by atoms with Crippen LogP contribution in [0.15, 0.2) is 0 Å². The van der Waals surface area contributed by atoms with E-state index in [1.54, 1.807) is 7.05 Å². The quantitative estimate of drug-likeness (QED) is 0.600. The van der Waals surface area contributed by atoms with Gasteiger partial charge in [0.2, 0.25) is 0 Å². The van der Waals surface area contributed by atoms with Gasteiger partial charge in [0.1, 0.15) is 6.04 Å². The summed E-state index contributed by atoms with van der Waals surface area (Å²) in [6.45, 7) is 3.99. The highest BCUT2D eigenvalue weighted by Crippen LogP contribution is 1.96. The van der Waals surface area contributed by atoms with Crippen molar-refractivity contribution in [2.45, 2.75) is 19.4 Å². The van der Waals surface area contributed by atoms with Crippen molar-refractivity contribution < 1.29 is 9.53 Å². The molecule has 0 aromatic rings. The van der Waals surface area contributed by atoms with Gasteiger partial charge in [-0.2, -0.15) is 0 Å². The van der Waals surface area contributed by atoms with Crippen LogP contribution >= 0.6 is 0 Å². The number of hydrogen-bond acceptors (Lipinski definition) is 4. The van der Waals surface area contributed by atoms with Crippen molar-refractivity contribution in [1.82, 2.24) is 10.2 Å². The van der Waals surface area contributed by atoms with Gasteiger partial charge < -0.3 is 15.0 Å². The normalized spacial score (nSPS) is 13.0. The standard InChI is InChI=1S/C9H20N2O2/c1-5-11(3)7-6-8(10-2)9(12)13-4/h8,10H,5-7H2,1-4H3. The molecule has 0 spiro atoms. The number of hydrogen-bond donors (Lipinski definition) is 1. The maximum Gasteiger partial charge on any atom is 0.322 e. The fraction of sp³-hybridized carbons (Fsp3) is 0.889. The smallest absolute Gasteiger partial charge is 0.322 e. The minimum absolute atomic E-state index is 0.181. The molecule has 1 atom stereocenters. The van der Waals surface area contributed by atoms with Gasteiger partial charge in [0, 0.05) is 0 Å². The van der Waals surface area contributed by atoms with Gasteiger partial charge >= 0.3 is 5.97 Å². The zero-order valence-corrected chi connectivity index (χ0v) is 8.96. The lowest BCUT2D eigenvalue weighted by Gasteiger charge is -2.18. The summed E-state index contributed by atoms with van der Waals surface area (Å²) >= 11 is 0. The van der Waals surface area contributed by atoms with E-state index >= 15 is 0 Å². The van der Waals surface area contributed by atoms with Gasteiger partial charge in [-0.25, -0.2) is 0 Å². The third-order valence-corrected chi connectivity index (χ3v) is 2.17. The van der Waals surface area contributed by atoms with Gasteiger partial charge in [-0.3, -0.25) is 4.79 Å². The van der Waals surface area contributed by atoms with Crippen molar-refractivity contribution in [1.29, 1.82) is 0 Å². The molecule has 0 aromatic heterocycles. The van der Waals surface area contributed by atoms with Crippen LogP contribution in [0.1, 0.15) is 13.3 Å². The van der Waals surface area contributed by atoms with E-state index in [0.717, 1.165) is 19.5 Å². The fourth-order valence-electron chi connectivity index (χ4n) is 1.03. The second-order valence-corrected chi connectivity index (χ2v) is 3.05. The van der Waals surface area contributed by atoms with E-state index in [4.69, 9.17) is 0 Å². The molecule has 0 amide bonds. The first kappa shape index (κ1) is 12.4. The third-order valence-electron chi connectivity index (χ3n) is 2.17. The van der Waals surface area contributed by atoms with Crippen LogP contribution in [0.25, 0.3) is 0 Å². The topological polar surface area (TPSA) is 41.6 Å². The molecule has 0 saturated heterocycles. The molecular formula is C9H20N2O2. The monoisotopic (exact) mass is 188 g/mol. The summed E-state index contributed by atoms with van der Waals surface area (Å²) < 4.78 is 4.65. The number of ether oxygens (including phenoxy) is 1. The van der Waals surface area contributed by atoms with Gasteiger partial charge in [-0.15, -0.1) is 0 Å². The predicted molar refractivity (Wildman–Crippen MR) is 52.7 cm³/mol. The van der Waals surface area contributed by atoms with Crippen LogP contribution in [0.5, 0.6) is 0 Å².